The fraction of sp³-hybridized carbons (Fsp3) is 0.231. The summed E-state index contributed by atoms with van der Waals surface area (Å²) in [6.45, 7) is -0.843. The summed E-state index contributed by atoms with van der Waals surface area (Å²) in [6.07, 6.45) is -5.11. The zero-order valence-corrected chi connectivity index (χ0v) is 12.2. The molecule has 2 aromatic carbocycles. The average molecular weight is 328 g/mol. The second kappa shape index (κ2) is 7.00. The third-order valence-corrected chi connectivity index (χ3v) is 3.44. The Morgan fingerprint density at radius 2 is 1.55 bits per heavy atom. The van der Waals surface area contributed by atoms with E-state index in [9.17, 15) is 26.0 Å². The summed E-state index contributed by atoms with van der Waals surface area (Å²) >= 11 is 0. The summed E-state index contributed by atoms with van der Waals surface area (Å²) in [4.78, 5) is 0. The summed E-state index contributed by atoms with van der Waals surface area (Å²) in [6, 6.07) is 11.6. The second-order valence-corrected chi connectivity index (χ2v) is 5.22. The molecule has 0 saturated carbocycles. The summed E-state index contributed by atoms with van der Waals surface area (Å²) in [5.41, 5.74) is 0.223. The molecule has 0 N–H and O–H groups in total. The van der Waals surface area contributed by atoms with E-state index in [4.69, 9.17) is 0 Å². The molecule has 3 nitrogen and oxygen atoms in total. The van der Waals surface area contributed by atoms with Crippen LogP contribution in [0.25, 0.3) is 10.8 Å². The van der Waals surface area contributed by atoms with Crippen LogP contribution in [0.5, 0.6) is 0 Å². The van der Waals surface area contributed by atoms with E-state index in [0.717, 1.165) is 10.8 Å². The summed E-state index contributed by atoms with van der Waals surface area (Å²) < 4.78 is 75.9. The maximum absolute atomic E-state index is 13.1. The summed E-state index contributed by atoms with van der Waals surface area (Å²) in [7, 11) is -4.28. The Bertz CT molecular complexity index is 726. The van der Waals surface area contributed by atoms with Crippen LogP contribution in [0.15, 0.2) is 42.5 Å². The topological polar surface area (TPSA) is 43.4 Å². The Labute approximate surface area is 137 Å². The molecular weight excluding hydrogens is 319 g/mol. The number of ether oxygens (including phenoxy) is 1. The van der Waals surface area contributed by atoms with Gasteiger partial charge in [-0.3, -0.25) is 0 Å². The molecule has 114 valence electrons. The minimum atomic E-state index is -5.29. The number of alkyl halides is 4. The van der Waals surface area contributed by atoms with E-state index in [1.807, 2.05) is 0 Å². The van der Waals surface area contributed by atoms with Crippen LogP contribution < -0.4 is 18.9 Å². The molecule has 9 heteroatoms. The van der Waals surface area contributed by atoms with Gasteiger partial charge in [0.25, 0.3) is 0 Å². The van der Waals surface area contributed by atoms with Crippen molar-refractivity contribution in [3.8, 4) is 0 Å². The number of hydrogen-bond acceptors (Lipinski definition) is 4. The molecule has 0 aliphatic rings. The molecule has 0 spiro atoms. The molecule has 0 radical (unpaired) electrons. The average Bonchev–Trinajstić information content (AvgIpc) is 2.44. The van der Waals surface area contributed by atoms with E-state index in [2.05, 4.69) is 4.74 Å². The first-order chi connectivity index (χ1) is 9.74. The molecule has 0 unspecified atom stereocenters. The van der Waals surface area contributed by atoms with Crippen molar-refractivity contribution in [2.45, 2.75) is 18.0 Å². The van der Waals surface area contributed by atoms with Crippen molar-refractivity contribution < 1.29 is 49.6 Å². The SMILES string of the molecule is O=[S-](=O)C(F)(F)C(F)(F)OCc1ccc2ccccc2c1.[Li+]. The first kappa shape index (κ1) is 19.0. The van der Waals surface area contributed by atoms with Crippen molar-refractivity contribution in [3.05, 3.63) is 48.0 Å². The van der Waals surface area contributed by atoms with Crippen LogP contribution in [0.4, 0.5) is 17.6 Å². The Hall–Kier alpha value is -1.07. The van der Waals surface area contributed by atoms with Crippen molar-refractivity contribution in [1.29, 1.82) is 0 Å². The van der Waals surface area contributed by atoms with Gasteiger partial charge in [-0.15, -0.1) is 0 Å². The predicted octanol–water partition coefficient (Wildman–Crippen LogP) is 0.855. The van der Waals surface area contributed by atoms with Crippen LogP contribution in [0.3, 0.4) is 0 Å². The molecule has 0 bridgehead atoms. The van der Waals surface area contributed by atoms with Gasteiger partial charge in [-0.2, -0.15) is 8.78 Å². The van der Waals surface area contributed by atoms with Crippen molar-refractivity contribution >= 4 is 21.5 Å². The molecule has 22 heavy (non-hydrogen) atoms. The predicted molar refractivity (Wildman–Crippen MR) is 67.4 cm³/mol. The van der Waals surface area contributed by atoms with E-state index in [0.29, 0.717) is 0 Å². The fourth-order valence-corrected chi connectivity index (χ4v) is 1.94. The van der Waals surface area contributed by atoms with Crippen LogP contribution in [0.1, 0.15) is 5.56 Å². The number of halogens is 4. The van der Waals surface area contributed by atoms with Gasteiger partial charge >= 0.3 is 30.2 Å². The van der Waals surface area contributed by atoms with Gasteiger partial charge in [-0.25, -0.2) is 8.78 Å². The van der Waals surface area contributed by atoms with Crippen LogP contribution in [-0.2, 0) is 30.5 Å². The first-order valence-electron chi connectivity index (χ1n) is 5.71. The largest absolute Gasteiger partial charge is 1.00 e. The van der Waals surface area contributed by atoms with Gasteiger partial charge in [0, 0.05) is 10.7 Å². The molecule has 2 aromatic rings. The van der Waals surface area contributed by atoms with E-state index < -0.39 is 28.7 Å². The van der Waals surface area contributed by atoms with Gasteiger partial charge in [0.05, 0.1) is 6.61 Å². The zero-order chi connectivity index (χ0) is 15.7. The standard InChI is InChI=1S/C13H9F4O3S.Li/c14-12(15,13(16,17)21(18)19)20-8-9-5-6-10-3-1-2-4-11(10)7-9;/h1-7H,8H2;/q-1;+1. The minimum Gasteiger partial charge on any atom is -0.418 e. The van der Waals surface area contributed by atoms with Gasteiger partial charge in [0.15, 0.2) is 0 Å². The second-order valence-electron chi connectivity index (χ2n) is 4.24. The Morgan fingerprint density at radius 3 is 2.14 bits per heavy atom. The van der Waals surface area contributed by atoms with Crippen molar-refractivity contribution in [3.63, 3.8) is 0 Å². The normalized spacial score (nSPS) is 12.4. The van der Waals surface area contributed by atoms with Gasteiger partial charge in [-0.05, 0) is 22.4 Å². The number of hydrogen-bond donors (Lipinski definition) is 0. The van der Waals surface area contributed by atoms with E-state index in [-0.39, 0.29) is 24.4 Å². The Morgan fingerprint density at radius 1 is 0.955 bits per heavy atom. The van der Waals surface area contributed by atoms with E-state index >= 15 is 0 Å². The zero-order valence-electron chi connectivity index (χ0n) is 11.4. The Kier molecular flexibility index (Phi) is 6.04. The van der Waals surface area contributed by atoms with Gasteiger partial charge < -0.3 is 13.2 Å². The molecule has 0 amide bonds. The number of benzene rings is 2. The monoisotopic (exact) mass is 328 g/mol. The van der Waals surface area contributed by atoms with Gasteiger partial charge in [0.1, 0.15) is 0 Å². The van der Waals surface area contributed by atoms with Crippen LogP contribution >= 0.6 is 0 Å². The fourth-order valence-electron chi connectivity index (χ4n) is 1.68. The number of fused-ring (bicyclic) bond motifs is 1. The van der Waals surface area contributed by atoms with Gasteiger partial charge in [0.2, 0.25) is 0 Å². The molecule has 2 rings (SSSR count). The minimum absolute atomic E-state index is 0. The maximum atomic E-state index is 13.1. The number of rotatable bonds is 5. The first-order valence-corrected chi connectivity index (χ1v) is 6.78. The van der Waals surface area contributed by atoms with Crippen molar-refractivity contribution in [2.24, 2.45) is 0 Å². The summed E-state index contributed by atoms with van der Waals surface area (Å²) in [5.74, 6) is 0. The molecule has 0 aliphatic carbocycles. The van der Waals surface area contributed by atoms with Crippen molar-refractivity contribution in [1.82, 2.24) is 0 Å². The van der Waals surface area contributed by atoms with Gasteiger partial charge in [-0.1, -0.05) is 36.4 Å². The molecule has 0 heterocycles. The molecule has 0 aromatic heterocycles. The third-order valence-electron chi connectivity index (χ3n) is 2.78. The maximum Gasteiger partial charge on any atom is 1.00 e. The smallest absolute Gasteiger partial charge is 0.418 e. The van der Waals surface area contributed by atoms with E-state index in [1.165, 1.54) is 12.1 Å². The molecule has 0 saturated heterocycles. The van der Waals surface area contributed by atoms with Crippen molar-refractivity contribution in [2.75, 3.05) is 0 Å². The molecule has 0 fully saturated rings. The Balaban J connectivity index is 0.00000242. The van der Waals surface area contributed by atoms with Crippen LogP contribution in [0.2, 0.25) is 0 Å². The molecular formula is C13H9F4LiO3S. The van der Waals surface area contributed by atoms with Crippen LogP contribution in [-0.4, -0.2) is 11.4 Å². The van der Waals surface area contributed by atoms with Crippen LogP contribution in [0, 0.1) is 0 Å². The van der Waals surface area contributed by atoms with E-state index in [1.54, 1.807) is 30.3 Å². The third kappa shape index (κ3) is 3.82. The molecule has 0 aliphatic heterocycles. The quantitative estimate of drug-likeness (QED) is 0.464. The summed E-state index contributed by atoms with van der Waals surface area (Å²) in [5, 5.41) is -3.72. The molecule has 0 atom stereocenters.